The van der Waals surface area contributed by atoms with Crippen LogP contribution in [-0.4, -0.2) is 17.3 Å². The number of aromatic amines is 1. The molecule has 0 bridgehead atoms. The van der Waals surface area contributed by atoms with Crippen molar-refractivity contribution < 1.29 is 4.74 Å². The summed E-state index contributed by atoms with van der Waals surface area (Å²) in [6, 6.07) is 9.47. The van der Waals surface area contributed by atoms with Gasteiger partial charge in [-0.2, -0.15) is 5.10 Å². The first-order chi connectivity index (χ1) is 9.72. The Morgan fingerprint density at radius 3 is 2.85 bits per heavy atom. The van der Waals surface area contributed by atoms with E-state index in [9.17, 15) is 0 Å². The van der Waals surface area contributed by atoms with Crippen LogP contribution in [0.3, 0.4) is 0 Å². The number of nitrogens with zero attached hydrogens (tertiary/aromatic N) is 1. The van der Waals surface area contributed by atoms with Crippen LogP contribution in [-0.2, 0) is 0 Å². The summed E-state index contributed by atoms with van der Waals surface area (Å²) in [5.74, 6) is 1.20. The predicted octanol–water partition coefficient (Wildman–Crippen LogP) is 4.05. The SMILES string of the molecule is COc1ccsc1-c1[nH]nc(N)c1-c1ccccc1Cl. The number of nitrogens with one attached hydrogen (secondary N) is 1. The van der Waals surface area contributed by atoms with Crippen molar-refractivity contribution in [1.82, 2.24) is 10.2 Å². The van der Waals surface area contributed by atoms with Crippen LogP contribution >= 0.6 is 22.9 Å². The average molecular weight is 306 g/mol. The second-order valence-corrected chi connectivity index (χ2v) is 5.48. The van der Waals surface area contributed by atoms with E-state index in [2.05, 4.69) is 10.2 Å². The number of nitrogen functional groups attached to an aromatic ring is 1. The van der Waals surface area contributed by atoms with E-state index in [1.165, 1.54) is 0 Å². The zero-order valence-electron chi connectivity index (χ0n) is 10.7. The second-order valence-electron chi connectivity index (χ2n) is 4.16. The molecule has 102 valence electrons. The second kappa shape index (κ2) is 5.19. The highest BCUT2D eigenvalue weighted by molar-refractivity contribution is 7.14. The number of nitrogens with two attached hydrogens (primary N) is 1. The van der Waals surface area contributed by atoms with Crippen molar-refractivity contribution in [2.24, 2.45) is 0 Å². The fourth-order valence-corrected chi connectivity index (χ4v) is 3.19. The molecular formula is C14H12ClN3OS. The Kier molecular flexibility index (Phi) is 3.38. The third-order valence-electron chi connectivity index (χ3n) is 3.01. The molecule has 2 aromatic heterocycles. The lowest BCUT2D eigenvalue weighted by Crippen LogP contribution is -1.89. The number of anilines is 1. The number of aromatic nitrogens is 2. The minimum atomic E-state index is 0.420. The van der Waals surface area contributed by atoms with Gasteiger partial charge >= 0.3 is 0 Å². The van der Waals surface area contributed by atoms with Crippen molar-refractivity contribution in [2.75, 3.05) is 12.8 Å². The smallest absolute Gasteiger partial charge is 0.153 e. The van der Waals surface area contributed by atoms with Crippen molar-refractivity contribution in [3.05, 3.63) is 40.7 Å². The van der Waals surface area contributed by atoms with Gasteiger partial charge in [-0.3, -0.25) is 5.10 Å². The molecule has 4 nitrogen and oxygen atoms in total. The molecule has 0 atom stereocenters. The van der Waals surface area contributed by atoms with Gasteiger partial charge in [-0.05, 0) is 17.5 Å². The van der Waals surface area contributed by atoms with E-state index in [0.717, 1.165) is 27.4 Å². The lowest BCUT2D eigenvalue weighted by atomic mass is 10.0. The quantitative estimate of drug-likeness (QED) is 0.767. The normalized spacial score (nSPS) is 10.7. The summed E-state index contributed by atoms with van der Waals surface area (Å²) in [4.78, 5) is 0.951. The number of hydrogen-bond acceptors (Lipinski definition) is 4. The molecule has 6 heteroatoms. The Bertz CT molecular complexity index is 750. The highest BCUT2D eigenvalue weighted by atomic mass is 35.5. The van der Waals surface area contributed by atoms with Crippen molar-refractivity contribution in [1.29, 1.82) is 0 Å². The molecule has 0 spiro atoms. The highest BCUT2D eigenvalue weighted by Crippen LogP contribution is 2.43. The molecule has 2 heterocycles. The molecule has 3 rings (SSSR count). The molecule has 1 aromatic carbocycles. The Labute approximate surface area is 125 Å². The van der Waals surface area contributed by atoms with Gasteiger partial charge in [0.05, 0.1) is 23.2 Å². The van der Waals surface area contributed by atoms with Crippen molar-refractivity contribution >= 4 is 28.8 Å². The van der Waals surface area contributed by atoms with Crippen LogP contribution < -0.4 is 10.5 Å². The molecule has 3 N–H and O–H groups in total. The van der Waals surface area contributed by atoms with Gasteiger partial charge in [-0.1, -0.05) is 29.8 Å². The summed E-state index contributed by atoms with van der Waals surface area (Å²) in [6.45, 7) is 0. The number of hydrogen-bond donors (Lipinski definition) is 2. The molecule has 20 heavy (non-hydrogen) atoms. The van der Waals surface area contributed by atoms with E-state index >= 15 is 0 Å². The Morgan fingerprint density at radius 2 is 2.10 bits per heavy atom. The van der Waals surface area contributed by atoms with Crippen LogP contribution in [0.5, 0.6) is 5.75 Å². The third-order valence-corrected chi connectivity index (χ3v) is 4.26. The van der Waals surface area contributed by atoms with E-state index in [-0.39, 0.29) is 0 Å². The van der Waals surface area contributed by atoms with Crippen molar-refractivity contribution in [3.63, 3.8) is 0 Å². The minimum Gasteiger partial charge on any atom is -0.495 e. The fraction of sp³-hybridized carbons (Fsp3) is 0.0714. The molecule has 0 aliphatic carbocycles. The Hall–Kier alpha value is -1.98. The number of H-pyrrole nitrogens is 1. The molecule has 0 saturated heterocycles. The standard InChI is InChI=1S/C14H12ClN3OS/c1-19-10-6-7-20-13(10)12-11(14(16)18-17-12)8-4-2-3-5-9(8)15/h2-7H,1H3,(H3,16,17,18). The lowest BCUT2D eigenvalue weighted by molar-refractivity contribution is 0.418. The number of methoxy groups -OCH3 is 1. The Morgan fingerprint density at radius 1 is 1.30 bits per heavy atom. The Balaban J connectivity index is 2.23. The number of thiophene rings is 1. The molecule has 0 fully saturated rings. The number of ether oxygens (including phenoxy) is 1. The zero-order chi connectivity index (χ0) is 14.1. The maximum absolute atomic E-state index is 6.27. The molecule has 3 aromatic rings. The average Bonchev–Trinajstić information content (AvgIpc) is 3.05. The third kappa shape index (κ3) is 2.05. The number of rotatable bonds is 3. The maximum atomic E-state index is 6.27. The zero-order valence-corrected chi connectivity index (χ0v) is 12.3. The lowest BCUT2D eigenvalue weighted by Gasteiger charge is -2.07. The first-order valence-electron chi connectivity index (χ1n) is 5.93. The minimum absolute atomic E-state index is 0.420. The summed E-state index contributed by atoms with van der Waals surface area (Å²) in [5, 5.41) is 9.68. The summed E-state index contributed by atoms with van der Waals surface area (Å²) in [7, 11) is 1.64. The van der Waals surface area contributed by atoms with Crippen LogP contribution in [0.1, 0.15) is 0 Å². The first kappa shape index (κ1) is 13.0. The van der Waals surface area contributed by atoms with Crippen LogP contribution in [0.25, 0.3) is 21.7 Å². The summed E-state index contributed by atoms with van der Waals surface area (Å²) in [5.41, 5.74) is 8.48. The monoisotopic (exact) mass is 305 g/mol. The maximum Gasteiger partial charge on any atom is 0.153 e. The highest BCUT2D eigenvalue weighted by Gasteiger charge is 2.20. The van der Waals surface area contributed by atoms with Crippen LogP contribution in [0.4, 0.5) is 5.82 Å². The van der Waals surface area contributed by atoms with Gasteiger partial charge in [-0.15, -0.1) is 11.3 Å². The van der Waals surface area contributed by atoms with Crippen LogP contribution in [0.15, 0.2) is 35.7 Å². The van der Waals surface area contributed by atoms with Gasteiger partial charge in [0.1, 0.15) is 5.75 Å². The van der Waals surface area contributed by atoms with Crippen LogP contribution in [0.2, 0.25) is 5.02 Å². The van der Waals surface area contributed by atoms with Crippen molar-refractivity contribution in [2.45, 2.75) is 0 Å². The van der Waals surface area contributed by atoms with Gasteiger partial charge in [-0.25, -0.2) is 0 Å². The molecule has 0 radical (unpaired) electrons. The molecular weight excluding hydrogens is 294 g/mol. The van der Waals surface area contributed by atoms with Gasteiger partial charge in [0.15, 0.2) is 5.82 Å². The summed E-state index contributed by atoms with van der Waals surface area (Å²) < 4.78 is 5.36. The molecule has 0 saturated carbocycles. The topological polar surface area (TPSA) is 63.9 Å². The van der Waals surface area contributed by atoms with E-state index in [1.54, 1.807) is 18.4 Å². The van der Waals surface area contributed by atoms with Gasteiger partial charge in [0.2, 0.25) is 0 Å². The summed E-state index contributed by atoms with van der Waals surface area (Å²) in [6.07, 6.45) is 0. The molecule has 0 aliphatic heterocycles. The van der Waals surface area contributed by atoms with E-state index in [4.69, 9.17) is 22.1 Å². The van der Waals surface area contributed by atoms with Gasteiger partial charge < -0.3 is 10.5 Å². The van der Waals surface area contributed by atoms with Gasteiger partial charge in [0, 0.05) is 10.6 Å². The number of benzene rings is 1. The van der Waals surface area contributed by atoms with Gasteiger partial charge in [0.25, 0.3) is 0 Å². The fourth-order valence-electron chi connectivity index (χ4n) is 2.10. The molecule has 0 aliphatic rings. The molecule has 0 amide bonds. The molecule has 0 unspecified atom stereocenters. The van der Waals surface area contributed by atoms with E-state index in [0.29, 0.717) is 10.8 Å². The number of halogens is 1. The summed E-state index contributed by atoms with van der Waals surface area (Å²) >= 11 is 7.83. The van der Waals surface area contributed by atoms with E-state index < -0.39 is 0 Å². The van der Waals surface area contributed by atoms with E-state index in [1.807, 2.05) is 35.7 Å². The largest absolute Gasteiger partial charge is 0.495 e. The van der Waals surface area contributed by atoms with Crippen LogP contribution in [0, 0.1) is 0 Å². The first-order valence-corrected chi connectivity index (χ1v) is 7.18. The predicted molar refractivity (Wildman–Crippen MR) is 83.3 cm³/mol. The van der Waals surface area contributed by atoms with Crippen molar-refractivity contribution in [3.8, 4) is 27.4 Å².